The fourth-order valence-corrected chi connectivity index (χ4v) is 0.204. The Morgan fingerprint density at radius 3 is 2.43 bits per heavy atom. The third kappa shape index (κ3) is 3.49. The lowest BCUT2D eigenvalue weighted by molar-refractivity contribution is 0.199. The van der Waals surface area contributed by atoms with Crippen molar-refractivity contribution >= 4 is 0 Å². The van der Waals surface area contributed by atoms with Gasteiger partial charge in [0.25, 0.3) is 0 Å². The smallest absolute Gasteiger partial charge is 0.0828 e. The first-order chi connectivity index (χ1) is 3.31. The Morgan fingerprint density at radius 2 is 2.29 bits per heavy atom. The van der Waals surface area contributed by atoms with E-state index in [0.29, 0.717) is 0 Å². The van der Waals surface area contributed by atoms with Crippen LogP contribution in [0.15, 0.2) is 12.7 Å². The highest BCUT2D eigenvalue weighted by atomic mass is 16.3. The Kier molecular flexibility index (Phi) is 3.65. The largest absolute Gasteiger partial charge is 0.390 e. The van der Waals surface area contributed by atoms with Gasteiger partial charge in [-0.05, 0) is 0 Å². The van der Waals surface area contributed by atoms with Gasteiger partial charge < -0.3 is 10.2 Å². The summed E-state index contributed by atoms with van der Waals surface area (Å²) in [6.45, 7) is 4.21. The quantitative estimate of drug-likeness (QED) is 0.507. The summed E-state index contributed by atoms with van der Waals surface area (Å²) in [6.07, 6.45) is 1.04. The van der Waals surface area contributed by atoms with E-state index in [4.69, 9.17) is 10.2 Å². The van der Waals surface area contributed by atoms with Crippen LogP contribution in [0.4, 0.5) is 0 Å². The molecule has 0 fully saturated rings. The number of hydrogen-bond donors (Lipinski definition) is 2. The molecule has 0 unspecified atom stereocenters. The van der Waals surface area contributed by atoms with Crippen molar-refractivity contribution in [1.82, 2.24) is 0 Å². The van der Waals surface area contributed by atoms with E-state index in [1.54, 1.807) is 0 Å². The average molecular weight is 101 g/mol. The lowest BCUT2D eigenvalue weighted by Crippen LogP contribution is -1.99. The van der Waals surface area contributed by atoms with Crippen molar-refractivity contribution in [3.05, 3.63) is 19.3 Å². The van der Waals surface area contributed by atoms with Gasteiger partial charge in [-0.25, -0.2) is 0 Å². The molecule has 0 saturated heterocycles. The van der Waals surface area contributed by atoms with E-state index in [0.717, 1.165) is 6.61 Å². The summed E-state index contributed by atoms with van der Waals surface area (Å²) in [7, 11) is 0. The molecule has 0 saturated carbocycles. The van der Waals surface area contributed by atoms with E-state index in [9.17, 15) is 0 Å². The number of aliphatic hydroxyl groups is 2. The molecule has 1 radical (unpaired) electrons. The van der Waals surface area contributed by atoms with Crippen LogP contribution >= 0.6 is 0 Å². The van der Waals surface area contributed by atoms with Gasteiger partial charge in [-0.2, -0.15) is 0 Å². The molecule has 0 aromatic rings. The molecule has 2 heteroatoms. The molecule has 0 aliphatic heterocycles. The van der Waals surface area contributed by atoms with Crippen LogP contribution in [-0.2, 0) is 0 Å². The molecule has 2 nitrogen and oxygen atoms in total. The van der Waals surface area contributed by atoms with Crippen LogP contribution in [0.5, 0.6) is 0 Å². The summed E-state index contributed by atoms with van der Waals surface area (Å²) < 4.78 is 0. The zero-order valence-corrected chi connectivity index (χ0v) is 4.04. The van der Waals surface area contributed by atoms with E-state index in [1.807, 2.05) is 0 Å². The fraction of sp³-hybridized carbons (Fsp3) is 0.400. The average Bonchev–Trinajstić information content (AvgIpc) is 1.68. The molecule has 0 aliphatic rings. The van der Waals surface area contributed by atoms with Crippen molar-refractivity contribution in [1.29, 1.82) is 0 Å². The Hall–Kier alpha value is -0.340. The van der Waals surface area contributed by atoms with Gasteiger partial charge in [0.15, 0.2) is 0 Å². The monoisotopic (exact) mass is 101 g/mol. The van der Waals surface area contributed by atoms with Gasteiger partial charge in [-0.3, -0.25) is 0 Å². The van der Waals surface area contributed by atoms with Crippen molar-refractivity contribution in [3.8, 4) is 0 Å². The molecule has 41 valence electrons. The van der Waals surface area contributed by atoms with Gasteiger partial charge in [0.1, 0.15) is 0 Å². The molecule has 0 aromatic carbocycles. The van der Waals surface area contributed by atoms with Gasteiger partial charge in [-0.1, -0.05) is 6.08 Å². The molecule has 0 spiro atoms. The van der Waals surface area contributed by atoms with Crippen LogP contribution in [0.2, 0.25) is 0 Å². The van der Waals surface area contributed by atoms with Crippen LogP contribution in [0, 0.1) is 6.61 Å². The number of aliphatic hydroxyl groups excluding tert-OH is 2. The van der Waals surface area contributed by atoms with E-state index in [1.165, 1.54) is 6.08 Å². The van der Waals surface area contributed by atoms with E-state index >= 15 is 0 Å². The predicted molar refractivity (Wildman–Crippen MR) is 27.1 cm³/mol. The first-order valence-electron chi connectivity index (χ1n) is 2.07. The molecule has 0 bridgehead atoms. The maximum Gasteiger partial charge on any atom is 0.0828 e. The van der Waals surface area contributed by atoms with E-state index in [2.05, 4.69) is 6.58 Å². The normalized spacial score (nSPS) is 13.4. The van der Waals surface area contributed by atoms with Crippen LogP contribution in [-0.4, -0.2) is 16.3 Å². The standard InChI is InChI=1S/C5H9O2/c1-2-5(7)3-4-6/h2,4-7H,1,3H2/t5-/m0/s1. The van der Waals surface area contributed by atoms with Crippen LogP contribution in [0.25, 0.3) is 0 Å². The van der Waals surface area contributed by atoms with Crippen LogP contribution < -0.4 is 0 Å². The van der Waals surface area contributed by atoms with Crippen molar-refractivity contribution in [2.24, 2.45) is 0 Å². The third-order valence-corrected chi connectivity index (χ3v) is 0.619. The third-order valence-electron chi connectivity index (χ3n) is 0.619. The summed E-state index contributed by atoms with van der Waals surface area (Å²) in [5.41, 5.74) is 0. The minimum absolute atomic E-state index is 0.267. The molecule has 0 rings (SSSR count). The second-order valence-electron chi connectivity index (χ2n) is 1.22. The Balaban J connectivity index is 2.98. The van der Waals surface area contributed by atoms with Gasteiger partial charge in [0, 0.05) is 6.42 Å². The van der Waals surface area contributed by atoms with Gasteiger partial charge >= 0.3 is 0 Å². The lowest BCUT2D eigenvalue weighted by Gasteiger charge is -1.96. The second kappa shape index (κ2) is 3.84. The zero-order chi connectivity index (χ0) is 5.70. The molecule has 0 heterocycles. The number of rotatable bonds is 3. The minimum Gasteiger partial charge on any atom is -0.390 e. The van der Waals surface area contributed by atoms with E-state index in [-0.39, 0.29) is 6.42 Å². The van der Waals surface area contributed by atoms with Crippen molar-refractivity contribution in [2.45, 2.75) is 12.5 Å². The molecule has 0 aromatic heterocycles. The molecule has 0 aliphatic carbocycles. The first kappa shape index (κ1) is 6.66. The predicted octanol–water partition coefficient (Wildman–Crippen LogP) is 0.458. The Labute approximate surface area is 43.1 Å². The first-order valence-corrected chi connectivity index (χ1v) is 2.07. The number of hydrogen-bond acceptors (Lipinski definition) is 2. The topological polar surface area (TPSA) is 40.5 Å². The Bertz CT molecular complexity index is 52.0. The lowest BCUT2D eigenvalue weighted by atomic mass is 10.3. The fourth-order valence-electron chi connectivity index (χ4n) is 0.204. The summed E-state index contributed by atoms with van der Waals surface area (Å²) in [5.74, 6) is 0. The van der Waals surface area contributed by atoms with Gasteiger partial charge in [0.2, 0.25) is 0 Å². The molecule has 7 heavy (non-hydrogen) atoms. The maximum atomic E-state index is 8.55. The summed E-state index contributed by atoms with van der Waals surface area (Å²) in [5, 5.41) is 16.6. The highest BCUT2D eigenvalue weighted by molar-refractivity contribution is 4.79. The van der Waals surface area contributed by atoms with Crippen molar-refractivity contribution in [3.63, 3.8) is 0 Å². The van der Waals surface area contributed by atoms with Crippen LogP contribution in [0.3, 0.4) is 0 Å². The minimum atomic E-state index is -0.593. The second-order valence-corrected chi connectivity index (χ2v) is 1.22. The SMILES string of the molecule is C=C[C@H](O)C[CH]O. The zero-order valence-electron chi connectivity index (χ0n) is 4.04. The molecule has 0 amide bonds. The van der Waals surface area contributed by atoms with Crippen LogP contribution in [0.1, 0.15) is 6.42 Å². The van der Waals surface area contributed by atoms with Gasteiger partial charge in [-0.15, -0.1) is 6.58 Å². The van der Waals surface area contributed by atoms with E-state index < -0.39 is 6.10 Å². The molecular formula is C5H9O2. The molecular weight excluding hydrogens is 92.1 g/mol. The Morgan fingerprint density at radius 1 is 1.71 bits per heavy atom. The summed E-state index contributed by atoms with van der Waals surface area (Å²) in [4.78, 5) is 0. The highest BCUT2D eigenvalue weighted by Gasteiger charge is 1.92. The molecule has 1 atom stereocenters. The molecule has 2 N–H and O–H groups in total. The van der Waals surface area contributed by atoms with Crippen molar-refractivity contribution in [2.75, 3.05) is 0 Å². The summed E-state index contributed by atoms with van der Waals surface area (Å²) in [6, 6.07) is 0. The van der Waals surface area contributed by atoms with Crippen molar-refractivity contribution < 1.29 is 10.2 Å². The van der Waals surface area contributed by atoms with Gasteiger partial charge in [0.05, 0.1) is 12.7 Å². The maximum absolute atomic E-state index is 8.55. The highest BCUT2D eigenvalue weighted by Crippen LogP contribution is 1.91. The summed E-state index contributed by atoms with van der Waals surface area (Å²) >= 11 is 0.